The van der Waals surface area contributed by atoms with Crippen molar-refractivity contribution >= 4 is 23.4 Å². The Morgan fingerprint density at radius 3 is 2.71 bits per heavy atom. The minimum Gasteiger partial charge on any atom is -0.326 e. The van der Waals surface area contributed by atoms with E-state index in [0.717, 1.165) is 28.8 Å². The summed E-state index contributed by atoms with van der Waals surface area (Å²) in [5.74, 6) is 0.568. The summed E-state index contributed by atoms with van der Waals surface area (Å²) < 4.78 is 0. The van der Waals surface area contributed by atoms with Crippen LogP contribution in [-0.4, -0.2) is 34.2 Å². The van der Waals surface area contributed by atoms with Crippen LogP contribution in [0.5, 0.6) is 0 Å². The Labute approximate surface area is 127 Å². The molecule has 1 aromatic carbocycles. The first-order valence-electron chi connectivity index (χ1n) is 6.87. The van der Waals surface area contributed by atoms with E-state index >= 15 is 0 Å². The van der Waals surface area contributed by atoms with Gasteiger partial charge in [-0.15, -0.1) is 0 Å². The van der Waals surface area contributed by atoms with Gasteiger partial charge in [0.05, 0.1) is 0 Å². The molecular formula is C14H17N5OS. The predicted octanol–water partition coefficient (Wildman–Crippen LogP) is 1.75. The molecule has 0 saturated carbocycles. The number of aromatic nitrogens is 3. The lowest BCUT2D eigenvalue weighted by Crippen LogP contribution is -2.48. The zero-order valence-corrected chi connectivity index (χ0v) is 12.5. The van der Waals surface area contributed by atoms with Crippen molar-refractivity contribution in [2.24, 2.45) is 11.8 Å². The summed E-state index contributed by atoms with van der Waals surface area (Å²) in [5.41, 5.74) is 0.820. The zero-order chi connectivity index (χ0) is 14.7. The van der Waals surface area contributed by atoms with Gasteiger partial charge in [-0.1, -0.05) is 18.7 Å². The van der Waals surface area contributed by atoms with E-state index in [1.54, 1.807) is 0 Å². The molecule has 1 amide bonds. The fraction of sp³-hybridized carbons (Fsp3) is 0.357. The van der Waals surface area contributed by atoms with Gasteiger partial charge < -0.3 is 10.6 Å². The van der Waals surface area contributed by atoms with Gasteiger partial charge in [-0.05, 0) is 43.3 Å². The second-order valence-electron chi connectivity index (χ2n) is 5.11. The number of aromatic amines is 1. The van der Waals surface area contributed by atoms with Crippen molar-refractivity contribution in [1.29, 1.82) is 0 Å². The Bertz CT molecular complexity index is 594. The van der Waals surface area contributed by atoms with Crippen molar-refractivity contribution in [3.05, 3.63) is 30.6 Å². The number of carbonyl (C=O) groups is 1. The quantitative estimate of drug-likeness (QED) is 0.784. The third-order valence-electron chi connectivity index (χ3n) is 3.66. The van der Waals surface area contributed by atoms with Gasteiger partial charge in [-0.2, -0.15) is 5.10 Å². The summed E-state index contributed by atoms with van der Waals surface area (Å²) in [5, 5.41) is 13.5. The first-order chi connectivity index (χ1) is 10.2. The summed E-state index contributed by atoms with van der Waals surface area (Å²) >= 11 is 1.50. The molecule has 1 saturated heterocycles. The van der Waals surface area contributed by atoms with E-state index in [-0.39, 0.29) is 11.8 Å². The highest BCUT2D eigenvalue weighted by Crippen LogP contribution is 2.25. The standard InChI is InChI=1S/C14H17N5OS/c1-9(10-6-15-7-10)13(20)18-11-2-4-12(5-3-11)21-14-16-8-17-19-14/h2-5,8-10,15H,6-7H2,1H3,(H,18,20)(H,16,17,19). The lowest BCUT2D eigenvalue weighted by molar-refractivity contribution is -0.121. The molecule has 2 aromatic rings. The van der Waals surface area contributed by atoms with Crippen LogP contribution in [0.1, 0.15) is 6.92 Å². The molecular weight excluding hydrogens is 286 g/mol. The minimum absolute atomic E-state index is 0.0366. The van der Waals surface area contributed by atoms with Crippen LogP contribution >= 0.6 is 11.8 Å². The second kappa shape index (κ2) is 6.28. The highest BCUT2D eigenvalue weighted by atomic mass is 32.2. The monoisotopic (exact) mass is 303 g/mol. The third-order valence-corrected chi connectivity index (χ3v) is 4.56. The van der Waals surface area contributed by atoms with E-state index in [2.05, 4.69) is 25.8 Å². The van der Waals surface area contributed by atoms with E-state index in [9.17, 15) is 4.79 Å². The average molecular weight is 303 g/mol. The van der Waals surface area contributed by atoms with Gasteiger partial charge in [0.15, 0.2) is 5.16 Å². The molecule has 110 valence electrons. The molecule has 1 aliphatic rings. The molecule has 1 atom stereocenters. The third kappa shape index (κ3) is 3.43. The van der Waals surface area contributed by atoms with Crippen molar-refractivity contribution in [1.82, 2.24) is 20.5 Å². The Kier molecular flexibility index (Phi) is 4.21. The maximum absolute atomic E-state index is 12.1. The number of H-pyrrole nitrogens is 1. The van der Waals surface area contributed by atoms with Gasteiger partial charge in [-0.25, -0.2) is 4.98 Å². The first kappa shape index (κ1) is 14.1. The molecule has 3 rings (SSSR count). The molecule has 1 unspecified atom stereocenters. The summed E-state index contributed by atoms with van der Waals surface area (Å²) in [6.45, 7) is 3.84. The molecule has 3 N–H and O–H groups in total. The number of nitrogens with one attached hydrogen (secondary N) is 3. The molecule has 1 aliphatic heterocycles. The number of nitrogens with zero attached hydrogens (tertiary/aromatic N) is 2. The molecule has 0 bridgehead atoms. The van der Waals surface area contributed by atoms with Crippen molar-refractivity contribution in [3.63, 3.8) is 0 Å². The molecule has 21 heavy (non-hydrogen) atoms. The number of hydrogen-bond acceptors (Lipinski definition) is 5. The maximum Gasteiger partial charge on any atom is 0.227 e. The normalized spacial score (nSPS) is 16.2. The summed E-state index contributed by atoms with van der Waals surface area (Å²) in [6, 6.07) is 7.72. The molecule has 1 aromatic heterocycles. The summed E-state index contributed by atoms with van der Waals surface area (Å²) in [6.07, 6.45) is 1.48. The molecule has 6 nitrogen and oxygen atoms in total. The minimum atomic E-state index is 0.0366. The van der Waals surface area contributed by atoms with Gasteiger partial charge >= 0.3 is 0 Å². The number of carbonyl (C=O) groups excluding carboxylic acids is 1. The smallest absolute Gasteiger partial charge is 0.227 e. The number of hydrogen-bond donors (Lipinski definition) is 3. The van der Waals surface area contributed by atoms with Gasteiger partial charge in [0.1, 0.15) is 6.33 Å². The van der Waals surface area contributed by atoms with Gasteiger partial charge in [0, 0.05) is 16.5 Å². The maximum atomic E-state index is 12.1. The fourth-order valence-electron chi connectivity index (χ4n) is 2.10. The average Bonchev–Trinajstić information content (AvgIpc) is 2.92. The fourth-order valence-corrected chi connectivity index (χ4v) is 2.79. The largest absolute Gasteiger partial charge is 0.326 e. The van der Waals surface area contributed by atoms with E-state index in [1.807, 2.05) is 31.2 Å². The van der Waals surface area contributed by atoms with Gasteiger partial charge in [-0.3, -0.25) is 9.89 Å². The molecule has 0 spiro atoms. The second-order valence-corrected chi connectivity index (χ2v) is 6.18. The van der Waals surface area contributed by atoms with Crippen LogP contribution in [0.25, 0.3) is 0 Å². The van der Waals surface area contributed by atoms with E-state index < -0.39 is 0 Å². The van der Waals surface area contributed by atoms with Crippen molar-refractivity contribution < 1.29 is 4.79 Å². The molecule has 0 aliphatic carbocycles. The Balaban J connectivity index is 1.57. The summed E-state index contributed by atoms with van der Waals surface area (Å²) in [4.78, 5) is 17.2. The predicted molar refractivity (Wildman–Crippen MR) is 81.1 cm³/mol. The van der Waals surface area contributed by atoms with Crippen LogP contribution in [-0.2, 0) is 4.79 Å². The highest BCUT2D eigenvalue weighted by molar-refractivity contribution is 7.99. The van der Waals surface area contributed by atoms with Crippen LogP contribution < -0.4 is 10.6 Å². The molecule has 0 radical (unpaired) electrons. The van der Waals surface area contributed by atoms with Crippen LogP contribution in [0.2, 0.25) is 0 Å². The van der Waals surface area contributed by atoms with Gasteiger partial charge in [0.2, 0.25) is 5.91 Å². The number of anilines is 1. The van der Waals surface area contributed by atoms with E-state index in [4.69, 9.17) is 0 Å². The zero-order valence-electron chi connectivity index (χ0n) is 11.7. The Morgan fingerprint density at radius 2 is 2.14 bits per heavy atom. The molecule has 7 heteroatoms. The molecule has 1 fully saturated rings. The Morgan fingerprint density at radius 1 is 1.38 bits per heavy atom. The van der Waals surface area contributed by atoms with E-state index in [1.165, 1.54) is 18.1 Å². The summed E-state index contributed by atoms with van der Waals surface area (Å²) in [7, 11) is 0. The van der Waals surface area contributed by atoms with Crippen molar-refractivity contribution in [2.45, 2.75) is 17.0 Å². The molecule has 2 heterocycles. The Hall–Kier alpha value is -1.86. The van der Waals surface area contributed by atoms with E-state index in [0.29, 0.717) is 5.92 Å². The van der Waals surface area contributed by atoms with Crippen molar-refractivity contribution in [3.8, 4) is 0 Å². The SMILES string of the molecule is CC(C(=O)Nc1ccc(Sc2ncn[nH]2)cc1)C1CNC1. The number of rotatable bonds is 5. The van der Waals surface area contributed by atoms with Crippen LogP contribution in [0.4, 0.5) is 5.69 Å². The van der Waals surface area contributed by atoms with Crippen LogP contribution in [0.3, 0.4) is 0 Å². The topological polar surface area (TPSA) is 82.7 Å². The lowest BCUT2D eigenvalue weighted by atomic mass is 9.88. The lowest BCUT2D eigenvalue weighted by Gasteiger charge is -2.31. The first-order valence-corrected chi connectivity index (χ1v) is 7.69. The highest BCUT2D eigenvalue weighted by Gasteiger charge is 2.28. The van der Waals surface area contributed by atoms with Crippen molar-refractivity contribution in [2.75, 3.05) is 18.4 Å². The number of amides is 1. The van der Waals surface area contributed by atoms with Crippen LogP contribution in [0, 0.1) is 11.8 Å². The number of benzene rings is 1. The van der Waals surface area contributed by atoms with Gasteiger partial charge in [0.25, 0.3) is 0 Å². The van der Waals surface area contributed by atoms with Crippen LogP contribution in [0.15, 0.2) is 40.6 Å².